The molecule has 2 aromatic carbocycles. The number of rotatable bonds is 4. The number of carbonyl (C=O) groups is 1. The fraction of sp³-hybridized carbons (Fsp3) is 0.318. The number of benzene rings is 2. The molecule has 2 aromatic rings. The van der Waals surface area contributed by atoms with Crippen LogP contribution in [0.25, 0.3) is 0 Å². The van der Waals surface area contributed by atoms with Gasteiger partial charge in [0.05, 0.1) is 22.2 Å². The average molecular weight is 590 g/mol. The highest BCUT2D eigenvalue weighted by Gasteiger charge is 2.50. The molecular formula is C22H22Cl2IN3O2S. The van der Waals surface area contributed by atoms with Crippen LogP contribution < -0.4 is 4.90 Å². The van der Waals surface area contributed by atoms with Crippen molar-refractivity contribution in [2.45, 2.75) is 37.6 Å². The highest BCUT2D eigenvalue weighted by atomic mass is 127. The number of hydrogen-bond donors (Lipinski definition) is 1. The Morgan fingerprint density at radius 1 is 1.10 bits per heavy atom. The standard InChI is InChI=1S/C22H21Cl2N3O2S.HI/c23-15-8-10-16(11-9-15)25-20-22(12-4-1-5-13-22)27(18-7-3-2-6-17(18)24)21(26-20)30-14-19(28)29;/h2-3,6-11H,1,4-5,12-14H2,(H,28,29);1H. The molecule has 4 rings (SSSR count). The first-order valence-corrected chi connectivity index (χ1v) is 11.6. The molecule has 1 fully saturated rings. The van der Waals surface area contributed by atoms with E-state index in [0.717, 1.165) is 43.5 Å². The summed E-state index contributed by atoms with van der Waals surface area (Å²) in [4.78, 5) is 23.1. The predicted molar refractivity (Wildman–Crippen MR) is 141 cm³/mol. The van der Waals surface area contributed by atoms with Crippen LogP contribution in [0.1, 0.15) is 32.1 Å². The summed E-state index contributed by atoms with van der Waals surface area (Å²) in [6, 6.07) is 15.0. The van der Waals surface area contributed by atoms with E-state index in [2.05, 4.69) is 4.90 Å². The minimum atomic E-state index is -0.886. The SMILES string of the molecule is I.O=C(O)CSC1=NC(=Nc2ccc(Cl)cc2)C2(CCCCC2)N1c1ccccc1Cl. The Labute approximate surface area is 213 Å². The van der Waals surface area contributed by atoms with E-state index in [1.807, 2.05) is 36.4 Å². The lowest BCUT2D eigenvalue weighted by Gasteiger charge is -2.42. The molecule has 5 nitrogen and oxygen atoms in total. The fourth-order valence-corrected chi connectivity index (χ4v) is 5.22. The van der Waals surface area contributed by atoms with E-state index in [0.29, 0.717) is 21.0 Å². The maximum absolute atomic E-state index is 11.3. The van der Waals surface area contributed by atoms with E-state index in [4.69, 9.17) is 33.2 Å². The molecule has 0 aromatic heterocycles. The molecule has 0 bridgehead atoms. The van der Waals surface area contributed by atoms with Crippen molar-refractivity contribution in [2.75, 3.05) is 10.7 Å². The maximum atomic E-state index is 11.3. The van der Waals surface area contributed by atoms with E-state index in [1.54, 1.807) is 12.1 Å². The summed E-state index contributed by atoms with van der Waals surface area (Å²) >= 11 is 13.8. The highest BCUT2D eigenvalue weighted by molar-refractivity contribution is 14.0. The van der Waals surface area contributed by atoms with Gasteiger partial charge in [-0.1, -0.05) is 66.4 Å². The molecule has 2 aliphatic rings. The van der Waals surface area contributed by atoms with Crippen molar-refractivity contribution in [3.05, 3.63) is 58.6 Å². The predicted octanol–water partition coefficient (Wildman–Crippen LogP) is 7.04. The van der Waals surface area contributed by atoms with Crippen LogP contribution in [0.5, 0.6) is 0 Å². The number of nitrogens with zero attached hydrogens (tertiary/aromatic N) is 3. The number of anilines is 1. The highest BCUT2D eigenvalue weighted by Crippen LogP contribution is 2.46. The van der Waals surface area contributed by atoms with Crippen molar-refractivity contribution in [1.29, 1.82) is 0 Å². The van der Waals surface area contributed by atoms with Crippen molar-refractivity contribution in [2.24, 2.45) is 9.98 Å². The molecule has 1 N–H and O–H groups in total. The molecule has 0 amide bonds. The Hall–Kier alpha value is -1.29. The summed E-state index contributed by atoms with van der Waals surface area (Å²) in [5, 5.41) is 11.1. The normalized spacial score (nSPS) is 18.7. The van der Waals surface area contributed by atoms with E-state index < -0.39 is 11.5 Å². The lowest BCUT2D eigenvalue weighted by atomic mass is 9.79. The number of aliphatic imine (C=N–C) groups is 2. The van der Waals surface area contributed by atoms with E-state index in [9.17, 15) is 9.90 Å². The van der Waals surface area contributed by atoms with Gasteiger partial charge in [-0.05, 0) is 49.2 Å². The smallest absolute Gasteiger partial charge is 0.313 e. The molecule has 31 heavy (non-hydrogen) atoms. The first kappa shape index (κ1) is 24.4. The topological polar surface area (TPSA) is 65.3 Å². The molecule has 1 aliphatic heterocycles. The largest absolute Gasteiger partial charge is 0.481 e. The number of carboxylic acid groups (broad SMARTS) is 1. The summed E-state index contributed by atoms with van der Waals surface area (Å²) in [6.45, 7) is 0. The monoisotopic (exact) mass is 589 g/mol. The van der Waals surface area contributed by atoms with Gasteiger partial charge in [0.2, 0.25) is 0 Å². The maximum Gasteiger partial charge on any atom is 0.313 e. The lowest BCUT2D eigenvalue weighted by molar-refractivity contribution is -0.133. The molecule has 0 radical (unpaired) electrons. The van der Waals surface area contributed by atoms with Crippen molar-refractivity contribution in [3.8, 4) is 0 Å². The first-order chi connectivity index (χ1) is 14.5. The van der Waals surface area contributed by atoms with Crippen molar-refractivity contribution >= 4 is 87.3 Å². The van der Waals surface area contributed by atoms with Crippen LogP contribution in [0.4, 0.5) is 11.4 Å². The van der Waals surface area contributed by atoms with E-state index in [-0.39, 0.29) is 29.7 Å². The van der Waals surface area contributed by atoms with Gasteiger partial charge in [-0.15, -0.1) is 24.0 Å². The number of hydrogen-bond acceptors (Lipinski definition) is 4. The summed E-state index contributed by atoms with van der Waals surface area (Å²) < 4.78 is 0. The van der Waals surface area contributed by atoms with Gasteiger partial charge in [0, 0.05) is 5.02 Å². The number of halogens is 3. The second-order valence-electron chi connectivity index (χ2n) is 7.37. The minimum absolute atomic E-state index is 0. The van der Waals surface area contributed by atoms with Crippen LogP contribution in [-0.4, -0.2) is 33.4 Å². The van der Waals surface area contributed by atoms with Gasteiger partial charge in [0.15, 0.2) is 11.0 Å². The van der Waals surface area contributed by atoms with E-state index >= 15 is 0 Å². The second kappa shape index (κ2) is 10.6. The third-order valence-corrected chi connectivity index (χ3v) is 6.89. The molecule has 1 heterocycles. The van der Waals surface area contributed by atoms with Gasteiger partial charge in [-0.3, -0.25) is 4.79 Å². The van der Waals surface area contributed by atoms with Crippen LogP contribution >= 0.6 is 58.9 Å². The van der Waals surface area contributed by atoms with Crippen LogP contribution in [0.2, 0.25) is 10.0 Å². The molecular weight excluding hydrogens is 568 g/mol. The Kier molecular flexibility index (Phi) is 8.29. The van der Waals surface area contributed by atoms with Gasteiger partial charge in [0.25, 0.3) is 0 Å². The Morgan fingerprint density at radius 3 is 2.42 bits per heavy atom. The molecule has 164 valence electrons. The summed E-state index contributed by atoms with van der Waals surface area (Å²) in [5.41, 5.74) is 1.16. The number of thioether (sulfide) groups is 1. The molecule has 0 atom stereocenters. The quantitative estimate of drug-likeness (QED) is 0.389. The zero-order chi connectivity index (χ0) is 21.1. The van der Waals surface area contributed by atoms with E-state index in [1.165, 1.54) is 11.8 Å². The van der Waals surface area contributed by atoms with Crippen molar-refractivity contribution in [3.63, 3.8) is 0 Å². The summed E-state index contributed by atoms with van der Waals surface area (Å²) in [5.74, 6) is -0.260. The Bertz CT molecular complexity index is 1010. The lowest BCUT2D eigenvalue weighted by Crippen LogP contribution is -2.53. The molecule has 9 heteroatoms. The fourth-order valence-electron chi connectivity index (χ4n) is 4.07. The number of para-hydroxylation sites is 1. The number of amidine groups is 2. The average Bonchev–Trinajstić information content (AvgIpc) is 3.01. The molecule has 1 aliphatic carbocycles. The van der Waals surface area contributed by atoms with Crippen LogP contribution in [0, 0.1) is 0 Å². The summed E-state index contributed by atoms with van der Waals surface area (Å²) in [6.07, 6.45) is 5.01. The van der Waals surface area contributed by atoms with Gasteiger partial charge in [-0.2, -0.15) is 0 Å². The van der Waals surface area contributed by atoms with Crippen LogP contribution in [0.3, 0.4) is 0 Å². The third-order valence-electron chi connectivity index (χ3n) is 5.40. The molecule has 1 spiro atoms. The van der Waals surface area contributed by atoms with Crippen molar-refractivity contribution in [1.82, 2.24) is 0 Å². The zero-order valence-electron chi connectivity index (χ0n) is 16.6. The molecule has 1 saturated carbocycles. The zero-order valence-corrected chi connectivity index (χ0v) is 21.3. The first-order valence-electron chi connectivity index (χ1n) is 9.82. The van der Waals surface area contributed by atoms with Gasteiger partial charge in [-0.25, -0.2) is 9.98 Å². The molecule has 0 saturated heterocycles. The van der Waals surface area contributed by atoms with Crippen molar-refractivity contribution < 1.29 is 9.90 Å². The summed E-state index contributed by atoms with van der Waals surface area (Å²) in [7, 11) is 0. The Morgan fingerprint density at radius 2 is 1.77 bits per heavy atom. The number of aliphatic carboxylic acids is 1. The second-order valence-corrected chi connectivity index (χ2v) is 9.15. The third kappa shape index (κ3) is 5.21. The van der Waals surface area contributed by atoms with Crippen LogP contribution in [0.15, 0.2) is 58.5 Å². The number of carboxylic acids is 1. The minimum Gasteiger partial charge on any atom is -0.481 e. The molecule has 0 unspecified atom stereocenters. The Balaban J connectivity index is 0.00000272. The van der Waals surface area contributed by atoms with Crippen LogP contribution in [-0.2, 0) is 4.79 Å². The van der Waals surface area contributed by atoms with Gasteiger partial charge < -0.3 is 10.0 Å². The van der Waals surface area contributed by atoms with Gasteiger partial charge in [0.1, 0.15) is 5.54 Å². The van der Waals surface area contributed by atoms with Gasteiger partial charge >= 0.3 is 5.97 Å².